The van der Waals surface area contributed by atoms with E-state index in [1.165, 1.54) is 4.31 Å². The second-order valence-electron chi connectivity index (χ2n) is 5.47. The number of hydrogen-bond acceptors (Lipinski definition) is 5. The lowest BCUT2D eigenvalue weighted by atomic mass is 10.3. The van der Waals surface area contributed by atoms with E-state index in [2.05, 4.69) is 10.2 Å². The summed E-state index contributed by atoms with van der Waals surface area (Å²) >= 11 is 0. The third-order valence-corrected chi connectivity index (χ3v) is 5.52. The van der Waals surface area contributed by atoms with E-state index in [0.717, 1.165) is 13.1 Å². The number of piperazine rings is 1. The molecule has 7 nitrogen and oxygen atoms in total. The predicted octanol–water partition coefficient (Wildman–Crippen LogP) is -0.241. The van der Waals surface area contributed by atoms with Gasteiger partial charge in [0.15, 0.2) is 6.61 Å². The fourth-order valence-corrected chi connectivity index (χ4v) is 3.57. The quantitative estimate of drug-likeness (QED) is 0.740. The molecule has 2 rings (SSSR count). The van der Waals surface area contributed by atoms with Crippen molar-refractivity contribution < 1.29 is 17.9 Å². The van der Waals surface area contributed by atoms with Crippen LogP contribution in [0, 0.1) is 0 Å². The highest BCUT2D eigenvalue weighted by Gasteiger charge is 2.25. The molecule has 1 heterocycles. The zero-order chi connectivity index (χ0) is 16.7. The summed E-state index contributed by atoms with van der Waals surface area (Å²) in [5.41, 5.74) is 0. The molecule has 0 aromatic heterocycles. The highest BCUT2D eigenvalue weighted by Crippen LogP contribution is 2.08. The molecule has 0 aliphatic carbocycles. The summed E-state index contributed by atoms with van der Waals surface area (Å²) < 4.78 is 31.1. The number of nitrogens with one attached hydrogen (secondary N) is 1. The van der Waals surface area contributed by atoms with Crippen LogP contribution in [0.3, 0.4) is 0 Å². The van der Waals surface area contributed by atoms with Gasteiger partial charge in [-0.15, -0.1) is 0 Å². The summed E-state index contributed by atoms with van der Waals surface area (Å²) in [7, 11) is -1.35. The van der Waals surface area contributed by atoms with Crippen molar-refractivity contribution in [3.8, 4) is 5.75 Å². The molecule has 1 fully saturated rings. The number of benzene rings is 1. The molecule has 128 valence electrons. The zero-order valence-electron chi connectivity index (χ0n) is 13.3. The molecule has 0 spiro atoms. The van der Waals surface area contributed by atoms with Gasteiger partial charge in [0.05, 0.1) is 5.75 Å². The molecule has 1 amide bonds. The number of rotatable bonds is 7. The third-order valence-electron chi connectivity index (χ3n) is 3.65. The average molecular weight is 341 g/mol. The molecule has 1 saturated heterocycles. The van der Waals surface area contributed by atoms with Gasteiger partial charge in [0, 0.05) is 32.7 Å². The monoisotopic (exact) mass is 341 g/mol. The summed E-state index contributed by atoms with van der Waals surface area (Å²) in [6.45, 7) is 2.44. The lowest BCUT2D eigenvalue weighted by molar-refractivity contribution is -0.122. The maximum atomic E-state index is 12.2. The number of carbonyl (C=O) groups is 1. The van der Waals surface area contributed by atoms with Gasteiger partial charge in [0.25, 0.3) is 5.91 Å². The van der Waals surface area contributed by atoms with Gasteiger partial charge in [-0.1, -0.05) is 18.2 Å². The third kappa shape index (κ3) is 5.81. The minimum Gasteiger partial charge on any atom is -0.484 e. The van der Waals surface area contributed by atoms with E-state index in [1.807, 2.05) is 25.2 Å². The van der Waals surface area contributed by atoms with Crippen molar-refractivity contribution in [2.75, 3.05) is 52.1 Å². The van der Waals surface area contributed by atoms with Crippen molar-refractivity contribution in [2.45, 2.75) is 0 Å². The van der Waals surface area contributed by atoms with Crippen molar-refractivity contribution >= 4 is 15.9 Å². The fourth-order valence-electron chi connectivity index (χ4n) is 2.23. The molecule has 0 bridgehead atoms. The topological polar surface area (TPSA) is 79.0 Å². The number of para-hydroxylation sites is 1. The standard InChI is InChI=1S/C15H23N3O4S/c1-17-8-10-18(11-9-17)23(20,21)12-7-16-15(19)13-22-14-5-3-2-4-6-14/h2-6H,7-13H2,1H3,(H,16,19). The Labute approximate surface area is 137 Å². The van der Waals surface area contributed by atoms with Gasteiger partial charge in [0.1, 0.15) is 5.75 Å². The second kappa shape index (κ2) is 8.28. The Balaban J connectivity index is 1.68. The van der Waals surface area contributed by atoms with E-state index in [9.17, 15) is 13.2 Å². The smallest absolute Gasteiger partial charge is 0.257 e. The van der Waals surface area contributed by atoms with Gasteiger partial charge < -0.3 is 15.0 Å². The van der Waals surface area contributed by atoms with E-state index in [-0.39, 0.29) is 24.8 Å². The van der Waals surface area contributed by atoms with E-state index in [4.69, 9.17) is 4.74 Å². The lowest BCUT2D eigenvalue weighted by Gasteiger charge is -2.31. The van der Waals surface area contributed by atoms with Gasteiger partial charge in [0.2, 0.25) is 10.0 Å². The summed E-state index contributed by atoms with van der Waals surface area (Å²) in [5.74, 6) is 0.184. The van der Waals surface area contributed by atoms with Crippen molar-refractivity contribution in [1.82, 2.24) is 14.5 Å². The van der Waals surface area contributed by atoms with Gasteiger partial charge in [-0.05, 0) is 19.2 Å². The first-order valence-corrected chi connectivity index (χ1v) is 9.19. The van der Waals surface area contributed by atoms with Crippen LogP contribution in [0.5, 0.6) is 5.75 Å². The van der Waals surface area contributed by atoms with Crippen LogP contribution in [-0.4, -0.2) is 75.7 Å². The number of carbonyl (C=O) groups excluding carboxylic acids is 1. The first-order valence-electron chi connectivity index (χ1n) is 7.58. The largest absolute Gasteiger partial charge is 0.484 e. The zero-order valence-corrected chi connectivity index (χ0v) is 14.1. The molecule has 0 saturated carbocycles. The summed E-state index contributed by atoms with van der Waals surface area (Å²) in [6.07, 6.45) is 0. The van der Waals surface area contributed by atoms with Crippen LogP contribution >= 0.6 is 0 Å². The van der Waals surface area contributed by atoms with Crippen LogP contribution in [0.1, 0.15) is 0 Å². The van der Waals surface area contributed by atoms with Crippen molar-refractivity contribution in [3.63, 3.8) is 0 Å². The van der Waals surface area contributed by atoms with E-state index in [1.54, 1.807) is 12.1 Å². The molecule has 1 aliphatic rings. The Morgan fingerprint density at radius 2 is 1.83 bits per heavy atom. The molecule has 23 heavy (non-hydrogen) atoms. The Kier molecular flexibility index (Phi) is 6.37. The molecule has 0 unspecified atom stereocenters. The number of sulfonamides is 1. The normalized spacial score (nSPS) is 16.9. The van der Waals surface area contributed by atoms with Crippen molar-refractivity contribution in [3.05, 3.63) is 30.3 Å². The molecule has 1 aliphatic heterocycles. The molecule has 0 radical (unpaired) electrons. The maximum Gasteiger partial charge on any atom is 0.257 e. The lowest BCUT2D eigenvalue weighted by Crippen LogP contribution is -2.48. The van der Waals surface area contributed by atoms with Crippen LogP contribution in [0.15, 0.2) is 30.3 Å². The molecule has 1 aromatic carbocycles. The highest BCUT2D eigenvalue weighted by molar-refractivity contribution is 7.89. The van der Waals surface area contributed by atoms with Crippen LogP contribution in [0.25, 0.3) is 0 Å². The number of nitrogens with zero attached hydrogens (tertiary/aromatic N) is 2. The number of ether oxygens (including phenoxy) is 1. The summed E-state index contributed by atoms with van der Waals surface area (Å²) in [4.78, 5) is 13.8. The Hall–Kier alpha value is -1.64. The van der Waals surface area contributed by atoms with Crippen LogP contribution < -0.4 is 10.1 Å². The number of hydrogen-bond donors (Lipinski definition) is 1. The molecule has 1 N–H and O–H groups in total. The number of amides is 1. The Morgan fingerprint density at radius 3 is 2.48 bits per heavy atom. The van der Waals surface area contributed by atoms with Gasteiger partial charge >= 0.3 is 0 Å². The maximum absolute atomic E-state index is 12.2. The second-order valence-corrected chi connectivity index (χ2v) is 7.56. The fraction of sp³-hybridized carbons (Fsp3) is 0.533. The van der Waals surface area contributed by atoms with Gasteiger partial charge in [-0.3, -0.25) is 4.79 Å². The first-order chi connectivity index (χ1) is 11.0. The van der Waals surface area contributed by atoms with Crippen LogP contribution in [-0.2, 0) is 14.8 Å². The number of likely N-dealkylation sites (N-methyl/N-ethyl adjacent to an activating group) is 1. The SMILES string of the molecule is CN1CCN(S(=O)(=O)CCNC(=O)COc2ccccc2)CC1. The molecular formula is C15H23N3O4S. The summed E-state index contributed by atoms with van der Waals surface area (Å²) in [6, 6.07) is 9.00. The average Bonchev–Trinajstić information content (AvgIpc) is 2.54. The van der Waals surface area contributed by atoms with E-state index < -0.39 is 10.0 Å². The predicted molar refractivity (Wildman–Crippen MR) is 87.8 cm³/mol. The highest BCUT2D eigenvalue weighted by atomic mass is 32.2. The van der Waals surface area contributed by atoms with Crippen LogP contribution in [0.2, 0.25) is 0 Å². The molecule has 1 aromatic rings. The molecular weight excluding hydrogens is 318 g/mol. The van der Waals surface area contributed by atoms with Crippen LogP contribution in [0.4, 0.5) is 0 Å². The molecule has 8 heteroatoms. The minimum absolute atomic E-state index is 0.0889. The van der Waals surface area contributed by atoms with Crippen molar-refractivity contribution in [1.29, 1.82) is 0 Å². The van der Waals surface area contributed by atoms with Gasteiger partial charge in [-0.2, -0.15) is 4.31 Å². The van der Waals surface area contributed by atoms with E-state index >= 15 is 0 Å². The first kappa shape index (κ1) is 17.7. The van der Waals surface area contributed by atoms with E-state index in [0.29, 0.717) is 18.8 Å². The Morgan fingerprint density at radius 1 is 1.17 bits per heavy atom. The minimum atomic E-state index is -3.32. The molecule has 0 atom stereocenters. The van der Waals surface area contributed by atoms with Gasteiger partial charge in [-0.25, -0.2) is 8.42 Å². The Bertz CT molecular complexity index is 598. The summed E-state index contributed by atoms with van der Waals surface area (Å²) in [5, 5.41) is 2.58. The van der Waals surface area contributed by atoms with Crippen molar-refractivity contribution in [2.24, 2.45) is 0 Å².